The van der Waals surface area contributed by atoms with Gasteiger partial charge in [0, 0.05) is 0 Å². The predicted molar refractivity (Wildman–Crippen MR) is 105 cm³/mol. The van der Waals surface area contributed by atoms with Crippen molar-refractivity contribution in [1.82, 2.24) is 5.32 Å². The molecule has 0 fully saturated rings. The number of carbonyl (C=O) groups is 3. The lowest BCUT2D eigenvalue weighted by Gasteiger charge is -2.18. The summed E-state index contributed by atoms with van der Waals surface area (Å²) >= 11 is 0. The number of ether oxygens (including phenoxy) is 2. The van der Waals surface area contributed by atoms with E-state index in [9.17, 15) is 14.4 Å². The fourth-order valence-electron chi connectivity index (χ4n) is 2.26. The molecule has 0 spiro atoms. The van der Waals surface area contributed by atoms with Crippen LogP contribution in [0, 0.1) is 11.3 Å². The van der Waals surface area contributed by atoms with Gasteiger partial charge in [-0.15, -0.1) is 0 Å². The molecule has 2 rings (SSSR count). The van der Waals surface area contributed by atoms with Crippen molar-refractivity contribution in [2.75, 3.05) is 11.9 Å². The molecule has 0 unspecified atom stereocenters. The third-order valence-corrected chi connectivity index (χ3v) is 3.81. The molecule has 2 N–H and O–H groups in total. The summed E-state index contributed by atoms with van der Waals surface area (Å²) in [5, 5.41) is 14.0. The highest BCUT2D eigenvalue weighted by Gasteiger charge is 2.23. The van der Waals surface area contributed by atoms with E-state index in [1.54, 1.807) is 48.5 Å². The zero-order valence-electron chi connectivity index (χ0n) is 16.0. The molecule has 0 aromatic heterocycles. The number of nitrogens with one attached hydrogen (secondary N) is 2. The number of nitriles is 1. The van der Waals surface area contributed by atoms with E-state index in [4.69, 9.17) is 14.7 Å². The van der Waals surface area contributed by atoms with E-state index in [0.717, 1.165) is 0 Å². The molecule has 0 aliphatic carbocycles. The third kappa shape index (κ3) is 6.66. The number of benzene rings is 2. The number of nitrogens with zero attached hydrogens (tertiary/aromatic N) is 1. The summed E-state index contributed by atoms with van der Waals surface area (Å²) in [6, 6.07) is 16.2. The van der Waals surface area contributed by atoms with Crippen LogP contribution in [0.1, 0.15) is 19.4 Å². The maximum absolute atomic E-state index is 12.2. The van der Waals surface area contributed by atoms with Gasteiger partial charge in [-0.2, -0.15) is 5.26 Å². The maximum Gasteiger partial charge on any atom is 0.329 e. The summed E-state index contributed by atoms with van der Waals surface area (Å²) in [6.07, 6.45) is -1.12. The van der Waals surface area contributed by atoms with Crippen molar-refractivity contribution in [1.29, 1.82) is 5.26 Å². The first-order valence-corrected chi connectivity index (χ1v) is 8.88. The molecule has 2 atom stereocenters. The van der Waals surface area contributed by atoms with Crippen LogP contribution in [0.25, 0.3) is 0 Å². The molecule has 8 heteroatoms. The Bertz CT molecular complexity index is 908. The smallest absolute Gasteiger partial charge is 0.329 e. The largest absolute Gasteiger partial charge is 0.484 e. The lowest BCUT2D eigenvalue weighted by molar-refractivity contribution is -0.155. The second kappa shape index (κ2) is 10.5. The Kier molecular flexibility index (Phi) is 7.74. The summed E-state index contributed by atoms with van der Waals surface area (Å²) in [5.41, 5.74) is 0.612. The summed E-state index contributed by atoms with van der Waals surface area (Å²) < 4.78 is 10.4. The van der Waals surface area contributed by atoms with Gasteiger partial charge in [0.15, 0.2) is 12.7 Å². The molecule has 2 amide bonds. The van der Waals surface area contributed by atoms with E-state index in [2.05, 4.69) is 10.6 Å². The summed E-state index contributed by atoms with van der Waals surface area (Å²) in [4.78, 5) is 36.3. The molecule has 150 valence electrons. The van der Waals surface area contributed by atoms with Gasteiger partial charge < -0.3 is 20.1 Å². The Balaban J connectivity index is 1.81. The number of para-hydroxylation sites is 2. The van der Waals surface area contributed by atoms with Crippen molar-refractivity contribution in [2.45, 2.75) is 26.0 Å². The van der Waals surface area contributed by atoms with Gasteiger partial charge in [-0.3, -0.25) is 9.59 Å². The van der Waals surface area contributed by atoms with Crippen LogP contribution in [0.15, 0.2) is 54.6 Å². The molecule has 0 aliphatic rings. The molecule has 0 saturated carbocycles. The van der Waals surface area contributed by atoms with Crippen LogP contribution in [0.3, 0.4) is 0 Å². The summed E-state index contributed by atoms with van der Waals surface area (Å²) in [5.74, 6) is -1.33. The molecule has 0 radical (unpaired) electrons. The van der Waals surface area contributed by atoms with Crippen molar-refractivity contribution in [3.8, 4) is 11.8 Å². The van der Waals surface area contributed by atoms with E-state index >= 15 is 0 Å². The van der Waals surface area contributed by atoms with Crippen LogP contribution < -0.4 is 15.4 Å². The second-order valence-electron chi connectivity index (χ2n) is 6.12. The number of carbonyl (C=O) groups excluding carboxylic acids is 3. The van der Waals surface area contributed by atoms with E-state index in [0.29, 0.717) is 17.0 Å². The predicted octanol–water partition coefficient (Wildman–Crippen LogP) is 2.01. The minimum atomic E-state index is -1.12. The van der Waals surface area contributed by atoms with Gasteiger partial charge in [0.25, 0.3) is 11.8 Å². The van der Waals surface area contributed by atoms with Gasteiger partial charge in [0.1, 0.15) is 17.9 Å². The Hall–Kier alpha value is -3.86. The Morgan fingerprint density at radius 2 is 1.69 bits per heavy atom. The van der Waals surface area contributed by atoms with E-state index < -0.39 is 29.9 Å². The normalized spacial score (nSPS) is 12.0. The van der Waals surface area contributed by atoms with Gasteiger partial charge in [-0.25, -0.2) is 4.79 Å². The summed E-state index contributed by atoms with van der Waals surface area (Å²) in [7, 11) is 0. The number of anilines is 1. The number of hydrogen-bond donors (Lipinski definition) is 2. The van der Waals surface area contributed by atoms with Crippen LogP contribution in [0.2, 0.25) is 0 Å². The Labute approximate surface area is 168 Å². The lowest BCUT2D eigenvalue weighted by Crippen LogP contribution is -2.44. The first kappa shape index (κ1) is 21.4. The van der Waals surface area contributed by atoms with Crippen LogP contribution in [0.5, 0.6) is 5.75 Å². The molecule has 29 heavy (non-hydrogen) atoms. The zero-order chi connectivity index (χ0) is 21.2. The van der Waals surface area contributed by atoms with Crippen molar-refractivity contribution in [3.63, 3.8) is 0 Å². The number of hydrogen-bond acceptors (Lipinski definition) is 6. The number of amides is 2. The minimum absolute atomic E-state index is 0.261. The number of rotatable bonds is 8. The average molecular weight is 395 g/mol. The fourth-order valence-corrected chi connectivity index (χ4v) is 2.26. The first-order chi connectivity index (χ1) is 13.9. The molecule has 8 nitrogen and oxygen atoms in total. The van der Waals surface area contributed by atoms with Crippen molar-refractivity contribution in [3.05, 3.63) is 60.2 Å². The quantitative estimate of drug-likeness (QED) is 0.660. The molecule has 0 saturated heterocycles. The topological polar surface area (TPSA) is 118 Å². The average Bonchev–Trinajstić information content (AvgIpc) is 2.73. The highest BCUT2D eigenvalue weighted by Crippen LogP contribution is 2.14. The van der Waals surface area contributed by atoms with Gasteiger partial charge in [-0.05, 0) is 38.1 Å². The van der Waals surface area contributed by atoms with Gasteiger partial charge in [0.2, 0.25) is 0 Å². The Morgan fingerprint density at radius 3 is 2.38 bits per heavy atom. The minimum Gasteiger partial charge on any atom is -0.484 e. The molecule has 2 aromatic rings. The lowest BCUT2D eigenvalue weighted by atomic mass is 10.2. The molecule has 0 heterocycles. The van der Waals surface area contributed by atoms with Crippen LogP contribution in [0.4, 0.5) is 5.69 Å². The fraction of sp³-hybridized carbons (Fsp3) is 0.238. The van der Waals surface area contributed by atoms with Gasteiger partial charge >= 0.3 is 5.97 Å². The summed E-state index contributed by atoms with van der Waals surface area (Å²) in [6.45, 7) is 2.58. The monoisotopic (exact) mass is 395 g/mol. The van der Waals surface area contributed by atoms with Crippen molar-refractivity contribution in [2.24, 2.45) is 0 Å². The van der Waals surface area contributed by atoms with E-state index in [1.807, 2.05) is 12.1 Å². The molecular formula is C21H21N3O5. The molecule has 0 bridgehead atoms. The van der Waals surface area contributed by atoms with Crippen molar-refractivity contribution < 1.29 is 23.9 Å². The van der Waals surface area contributed by atoms with Gasteiger partial charge in [-0.1, -0.05) is 30.3 Å². The first-order valence-electron chi connectivity index (χ1n) is 8.88. The van der Waals surface area contributed by atoms with Crippen LogP contribution >= 0.6 is 0 Å². The van der Waals surface area contributed by atoms with E-state index in [-0.39, 0.29) is 6.61 Å². The highest BCUT2D eigenvalue weighted by molar-refractivity contribution is 5.96. The van der Waals surface area contributed by atoms with Gasteiger partial charge in [0.05, 0.1) is 11.3 Å². The maximum atomic E-state index is 12.2. The second-order valence-corrected chi connectivity index (χ2v) is 6.12. The molecule has 0 aliphatic heterocycles. The number of esters is 1. The molecular weight excluding hydrogens is 374 g/mol. The highest BCUT2D eigenvalue weighted by atomic mass is 16.5. The Morgan fingerprint density at radius 1 is 1.03 bits per heavy atom. The standard InChI is InChI=1S/C21H21N3O5/c1-14(23-19(25)13-28-17-9-4-3-5-10-17)21(27)29-15(2)20(26)24-18-11-7-6-8-16(18)12-22/h3-11,14-15H,13H2,1-2H3,(H,23,25)(H,24,26)/t14-,15-/m0/s1. The third-order valence-electron chi connectivity index (χ3n) is 3.81. The van der Waals surface area contributed by atoms with Crippen LogP contribution in [-0.2, 0) is 19.1 Å². The zero-order valence-corrected chi connectivity index (χ0v) is 16.0. The van der Waals surface area contributed by atoms with Crippen LogP contribution in [-0.4, -0.2) is 36.5 Å². The molecule has 2 aromatic carbocycles. The van der Waals surface area contributed by atoms with E-state index in [1.165, 1.54) is 13.8 Å². The van der Waals surface area contributed by atoms with Crippen molar-refractivity contribution >= 4 is 23.5 Å². The SMILES string of the molecule is C[C@H](NC(=O)COc1ccccc1)C(=O)O[C@@H](C)C(=O)Nc1ccccc1C#N.